The Bertz CT molecular complexity index is 679. The van der Waals surface area contributed by atoms with Gasteiger partial charge >= 0.3 is 0 Å². The monoisotopic (exact) mass is 351 g/mol. The van der Waals surface area contributed by atoms with E-state index in [9.17, 15) is 5.11 Å². The highest BCUT2D eigenvalue weighted by Gasteiger charge is 2.43. The summed E-state index contributed by atoms with van der Waals surface area (Å²) in [6.45, 7) is 3.04. The fraction of sp³-hybridized carbons (Fsp3) is 0.500. The van der Waals surface area contributed by atoms with Crippen LogP contribution in [0.3, 0.4) is 0 Å². The van der Waals surface area contributed by atoms with Gasteiger partial charge in [0.1, 0.15) is 0 Å². The number of hydrogen-bond acceptors (Lipinski definition) is 2. The molecule has 3 atom stereocenters. The Morgan fingerprint density at radius 3 is 2.38 bits per heavy atom. The highest BCUT2D eigenvalue weighted by atomic mass is 16.3. The van der Waals surface area contributed by atoms with Crippen molar-refractivity contribution in [3.8, 4) is 0 Å². The van der Waals surface area contributed by atoms with Gasteiger partial charge in [0.2, 0.25) is 0 Å². The van der Waals surface area contributed by atoms with Crippen LogP contribution in [0, 0.1) is 18.8 Å². The average Bonchev–Trinajstić information content (AvgIpc) is 2.63. The topological polar surface area (TPSA) is 23.5 Å². The first kappa shape index (κ1) is 19.1. The van der Waals surface area contributed by atoms with E-state index in [-0.39, 0.29) is 5.92 Å². The van der Waals surface area contributed by atoms with Crippen LogP contribution in [0.5, 0.6) is 0 Å². The summed E-state index contributed by atoms with van der Waals surface area (Å²) in [5, 5.41) is 11.6. The van der Waals surface area contributed by atoms with Crippen LogP contribution in [0.25, 0.3) is 0 Å². The summed E-state index contributed by atoms with van der Waals surface area (Å²) in [7, 11) is 4.23. The molecule has 1 fully saturated rings. The number of aryl methyl sites for hydroxylation is 2. The predicted octanol–water partition coefficient (Wildman–Crippen LogP) is 4.79. The minimum atomic E-state index is -0.693. The molecule has 0 spiro atoms. The van der Waals surface area contributed by atoms with Crippen molar-refractivity contribution in [1.29, 1.82) is 0 Å². The van der Waals surface area contributed by atoms with Crippen LogP contribution in [0.4, 0.5) is 0 Å². The van der Waals surface area contributed by atoms with E-state index in [4.69, 9.17) is 0 Å². The Balaban J connectivity index is 1.71. The first-order chi connectivity index (χ1) is 12.5. The lowest BCUT2D eigenvalue weighted by Crippen LogP contribution is -2.45. The summed E-state index contributed by atoms with van der Waals surface area (Å²) in [4.78, 5) is 2.23. The molecular formula is C24H33NO. The van der Waals surface area contributed by atoms with E-state index in [2.05, 4.69) is 80.5 Å². The van der Waals surface area contributed by atoms with Crippen molar-refractivity contribution in [3.63, 3.8) is 0 Å². The average molecular weight is 352 g/mol. The quantitative estimate of drug-likeness (QED) is 0.808. The van der Waals surface area contributed by atoms with Gasteiger partial charge in [-0.2, -0.15) is 0 Å². The largest absolute Gasteiger partial charge is 0.385 e. The third kappa shape index (κ3) is 4.55. The molecule has 3 rings (SSSR count). The predicted molar refractivity (Wildman–Crippen MR) is 109 cm³/mol. The molecule has 1 N–H and O–H groups in total. The maximum atomic E-state index is 11.6. The molecule has 0 heterocycles. The molecular weight excluding hydrogens is 318 g/mol. The van der Waals surface area contributed by atoms with Crippen molar-refractivity contribution in [2.24, 2.45) is 11.8 Å². The molecule has 2 aromatic carbocycles. The minimum absolute atomic E-state index is 0.287. The minimum Gasteiger partial charge on any atom is -0.385 e. The number of hydrogen-bond donors (Lipinski definition) is 1. The fourth-order valence-electron chi connectivity index (χ4n) is 4.51. The fourth-order valence-corrected chi connectivity index (χ4v) is 4.51. The molecule has 0 aromatic heterocycles. The third-order valence-electron chi connectivity index (χ3n) is 6.05. The molecule has 0 aliphatic heterocycles. The summed E-state index contributed by atoms with van der Waals surface area (Å²) in [6, 6.07) is 19.3. The SMILES string of the molecule is Cc1ccc(C2(O)CCC(CCc3ccccc3)CC2CN(C)C)cc1. The van der Waals surface area contributed by atoms with Crippen LogP contribution in [0.15, 0.2) is 54.6 Å². The molecule has 0 amide bonds. The van der Waals surface area contributed by atoms with Gasteiger partial charge in [-0.25, -0.2) is 0 Å². The van der Waals surface area contributed by atoms with Crippen LogP contribution in [-0.2, 0) is 12.0 Å². The van der Waals surface area contributed by atoms with Gasteiger partial charge in [0.05, 0.1) is 5.60 Å². The van der Waals surface area contributed by atoms with Gasteiger partial charge < -0.3 is 10.0 Å². The molecule has 140 valence electrons. The highest BCUT2D eigenvalue weighted by Crippen LogP contribution is 2.45. The smallest absolute Gasteiger partial charge is 0.0936 e. The Morgan fingerprint density at radius 1 is 1.04 bits per heavy atom. The van der Waals surface area contributed by atoms with Gasteiger partial charge in [-0.1, -0.05) is 60.2 Å². The molecule has 2 heteroatoms. The van der Waals surface area contributed by atoms with E-state index in [1.807, 2.05) is 0 Å². The lowest BCUT2D eigenvalue weighted by atomic mass is 9.66. The molecule has 1 aliphatic rings. The van der Waals surface area contributed by atoms with Gasteiger partial charge in [0.25, 0.3) is 0 Å². The second kappa shape index (κ2) is 8.37. The van der Waals surface area contributed by atoms with Gasteiger partial charge in [0.15, 0.2) is 0 Å². The van der Waals surface area contributed by atoms with Crippen molar-refractivity contribution < 1.29 is 5.11 Å². The molecule has 26 heavy (non-hydrogen) atoms. The van der Waals surface area contributed by atoms with Crippen LogP contribution in [0.1, 0.15) is 42.4 Å². The zero-order chi connectivity index (χ0) is 18.6. The van der Waals surface area contributed by atoms with Crippen LogP contribution in [0.2, 0.25) is 0 Å². The zero-order valence-corrected chi connectivity index (χ0v) is 16.5. The van der Waals surface area contributed by atoms with Gasteiger partial charge in [-0.3, -0.25) is 0 Å². The molecule has 0 bridgehead atoms. The lowest BCUT2D eigenvalue weighted by Gasteiger charge is -2.44. The first-order valence-corrected chi connectivity index (χ1v) is 9.95. The van der Waals surface area contributed by atoms with E-state index < -0.39 is 5.60 Å². The number of rotatable bonds is 6. The number of nitrogens with zero attached hydrogens (tertiary/aromatic N) is 1. The molecule has 2 aromatic rings. The second-order valence-corrected chi connectivity index (χ2v) is 8.41. The number of benzene rings is 2. The third-order valence-corrected chi connectivity index (χ3v) is 6.05. The van der Waals surface area contributed by atoms with Crippen molar-refractivity contribution in [3.05, 3.63) is 71.3 Å². The Morgan fingerprint density at radius 2 is 1.73 bits per heavy atom. The normalized spacial score (nSPS) is 26.2. The Labute approximate surface area is 158 Å². The maximum absolute atomic E-state index is 11.6. The van der Waals surface area contributed by atoms with E-state index in [1.54, 1.807) is 0 Å². The molecule has 0 radical (unpaired) electrons. The van der Waals surface area contributed by atoms with E-state index in [1.165, 1.54) is 17.5 Å². The summed E-state index contributed by atoms with van der Waals surface area (Å²) in [6.07, 6.45) is 5.45. The van der Waals surface area contributed by atoms with Crippen molar-refractivity contribution in [2.75, 3.05) is 20.6 Å². The molecule has 3 unspecified atom stereocenters. The summed E-state index contributed by atoms with van der Waals surface area (Å²) >= 11 is 0. The van der Waals surface area contributed by atoms with E-state index >= 15 is 0 Å². The Kier molecular flexibility index (Phi) is 6.16. The lowest BCUT2D eigenvalue weighted by molar-refractivity contribution is -0.0760. The summed E-state index contributed by atoms with van der Waals surface area (Å²) < 4.78 is 0. The first-order valence-electron chi connectivity index (χ1n) is 9.95. The summed E-state index contributed by atoms with van der Waals surface area (Å²) in [5.74, 6) is 0.987. The van der Waals surface area contributed by atoms with Gasteiger partial charge in [-0.05, 0) is 70.2 Å². The van der Waals surface area contributed by atoms with E-state index in [0.717, 1.165) is 37.8 Å². The van der Waals surface area contributed by atoms with Gasteiger partial charge in [-0.15, -0.1) is 0 Å². The van der Waals surface area contributed by atoms with Crippen LogP contribution >= 0.6 is 0 Å². The van der Waals surface area contributed by atoms with Crippen LogP contribution in [-0.4, -0.2) is 30.6 Å². The molecule has 1 aliphatic carbocycles. The Hall–Kier alpha value is -1.64. The van der Waals surface area contributed by atoms with Crippen molar-refractivity contribution in [1.82, 2.24) is 4.90 Å². The zero-order valence-electron chi connectivity index (χ0n) is 16.5. The second-order valence-electron chi connectivity index (χ2n) is 8.41. The van der Waals surface area contributed by atoms with Crippen molar-refractivity contribution in [2.45, 2.75) is 44.6 Å². The van der Waals surface area contributed by atoms with Gasteiger partial charge in [0, 0.05) is 12.5 Å². The molecule has 1 saturated carbocycles. The van der Waals surface area contributed by atoms with E-state index in [0.29, 0.717) is 5.92 Å². The maximum Gasteiger partial charge on any atom is 0.0936 e. The standard InChI is InChI=1S/C24H33NO/c1-19-9-13-22(14-10-19)24(26)16-15-21(17-23(24)18-25(2)3)12-11-20-7-5-4-6-8-20/h4-10,13-14,21,23,26H,11-12,15-18H2,1-3H3. The van der Waals surface area contributed by atoms with Crippen molar-refractivity contribution >= 4 is 0 Å². The summed E-state index contributed by atoms with van der Waals surface area (Å²) in [5.41, 5.74) is 3.08. The molecule has 0 saturated heterocycles. The molecule has 2 nitrogen and oxygen atoms in total. The number of aliphatic hydroxyl groups is 1. The highest BCUT2D eigenvalue weighted by molar-refractivity contribution is 5.28. The van der Waals surface area contributed by atoms with Crippen LogP contribution < -0.4 is 0 Å².